The van der Waals surface area contributed by atoms with Crippen molar-refractivity contribution in [1.29, 1.82) is 0 Å². The minimum Gasteiger partial charge on any atom is -0.420 e. The van der Waals surface area contributed by atoms with Gasteiger partial charge in [-0.15, -0.1) is 0 Å². The molecule has 5 rings (SSSR count). The lowest BCUT2D eigenvalue weighted by molar-refractivity contribution is -0.132. The van der Waals surface area contributed by atoms with Gasteiger partial charge in [0.15, 0.2) is 5.69 Å². The molecule has 2 heterocycles. The van der Waals surface area contributed by atoms with E-state index in [9.17, 15) is 14.4 Å². The number of rotatable bonds is 3. The molecule has 36 heavy (non-hydrogen) atoms. The molecule has 1 atom stereocenters. The first-order valence-electron chi connectivity index (χ1n) is 11.8. The zero-order valence-electron chi connectivity index (χ0n) is 20.1. The minimum atomic E-state index is -0.749. The molecule has 1 aliphatic carbocycles. The Labute approximate surface area is 206 Å². The number of halogens is 2. The summed E-state index contributed by atoms with van der Waals surface area (Å²) >= 11 is 0. The Morgan fingerprint density at radius 2 is 1.61 bits per heavy atom. The lowest BCUT2D eigenvalue weighted by Gasteiger charge is -2.41. The second-order valence-electron chi connectivity index (χ2n) is 9.44. The van der Waals surface area contributed by atoms with E-state index >= 15 is 8.78 Å². The van der Waals surface area contributed by atoms with Crippen LogP contribution in [0.4, 0.5) is 8.78 Å². The van der Waals surface area contributed by atoms with Gasteiger partial charge in [0.2, 0.25) is 11.2 Å². The van der Waals surface area contributed by atoms with Gasteiger partial charge >= 0.3 is 5.97 Å². The van der Waals surface area contributed by atoms with Crippen molar-refractivity contribution in [2.24, 2.45) is 0 Å². The number of fused-ring (bicyclic) bond motifs is 3. The number of hydrogen-bond acceptors (Lipinski definition) is 5. The van der Waals surface area contributed by atoms with E-state index in [1.807, 2.05) is 26.0 Å². The molecule has 0 saturated carbocycles. The number of aromatic nitrogens is 2. The molecule has 2 aromatic carbocycles. The van der Waals surface area contributed by atoms with Gasteiger partial charge in [0, 0.05) is 25.4 Å². The molecule has 0 fully saturated rings. The van der Waals surface area contributed by atoms with E-state index in [1.54, 1.807) is 17.0 Å². The summed E-state index contributed by atoms with van der Waals surface area (Å²) in [6, 6.07) is 8.73. The largest absolute Gasteiger partial charge is 0.420 e. The number of hydrogen-bond donors (Lipinski definition) is 0. The van der Waals surface area contributed by atoms with E-state index in [1.165, 1.54) is 16.8 Å². The molecule has 0 radical (unpaired) electrons. The summed E-state index contributed by atoms with van der Waals surface area (Å²) in [5.41, 5.74) is 1.45. The van der Waals surface area contributed by atoms with Crippen molar-refractivity contribution >= 4 is 11.9 Å². The van der Waals surface area contributed by atoms with Gasteiger partial charge in [-0.3, -0.25) is 19.1 Å². The Kier molecular flexibility index (Phi) is 5.94. The summed E-state index contributed by atoms with van der Waals surface area (Å²) in [4.78, 5) is 39.5. The summed E-state index contributed by atoms with van der Waals surface area (Å²) in [5.74, 6) is -3.00. The summed E-state index contributed by atoms with van der Waals surface area (Å²) in [6.45, 7) is 4.98. The van der Waals surface area contributed by atoms with Crippen LogP contribution in [0.25, 0.3) is 0 Å². The first-order valence-corrected chi connectivity index (χ1v) is 11.8. The number of nitrogens with zero attached hydrogens (tertiary/aromatic N) is 3. The molecule has 1 amide bonds. The second kappa shape index (κ2) is 8.96. The quantitative estimate of drug-likeness (QED) is 0.519. The SMILES string of the molecule is CC(=O)Oc1c2n(ncc1=O)[C@@H](C1c3cccc(F)c3CCc3c(F)cccc31)CN(C(C)C)C2=O. The van der Waals surface area contributed by atoms with Crippen LogP contribution in [0.5, 0.6) is 5.75 Å². The zero-order valence-corrected chi connectivity index (χ0v) is 20.1. The normalized spacial score (nSPS) is 17.3. The van der Waals surface area contributed by atoms with Gasteiger partial charge in [-0.05, 0) is 61.1 Å². The van der Waals surface area contributed by atoms with Crippen LogP contribution in [-0.4, -0.2) is 39.1 Å². The van der Waals surface area contributed by atoms with Crippen molar-refractivity contribution in [1.82, 2.24) is 14.7 Å². The highest BCUT2D eigenvalue weighted by Gasteiger charge is 2.43. The number of ether oxygens (including phenoxy) is 1. The van der Waals surface area contributed by atoms with E-state index in [0.717, 1.165) is 13.1 Å². The van der Waals surface area contributed by atoms with Crippen LogP contribution in [0, 0.1) is 11.6 Å². The van der Waals surface area contributed by atoms with Crippen LogP contribution in [0.1, 0.15) is 65.5 Å². The Bertz CT molecular complexity index is 1400. The van der Waals surface area contributed by atoms with Gasteiger partial charge in [0.05, 0.1) is 12.2 Å². The molecule has 0 N–H and O–H groups in total. The molecular formula is C27H25F2N3O4. The van der Waals surface area contributed by atoms with Gasteiger partial charge in [-0.25, -0.2) is 8.78 Å². The molecule has 0 spiro atoms. The van der Waals surface area contributed by atoms with Gasteiger partial charge in [0.1, 0.15) is 11.6 Å². The fraction of sp³-hybridized carbons (Fsp3) is 0.333. The van der Waals surface area contributed by atoms with Crippen LogP contribution in [0.15, 0.2) is 47.4 Å². The third-order valence-corrected chi connectivity index (χ3v) is 6.99. The molecular weight excluding hydrogens is 468 g/mol. The Morgan fingerprint density at radius 3 is 2.14 bits per heavy atom. The molecule has 0 bridgehead atoms. The Morgan fingerprint density at radius 1 is 1.03 bits per heavy atom. The maximum Gasteiger partial charge on any atom is 0.308 e. The fourth-order valence-electron chi connectivity index (χ4n) is 5.42. The Balaban J connectivity index is 1.82. The maximum atomic E-state index is 15.1. The first-order chi connectivity index (χ1) is 17.2. The molecule has 0 saturated heterocycles. The molecule has 3 aromatic rings. The standard InChI is InChI=1S/C27H25F2N3O4/c1-14(2)31-13-22(32-25(27(31)35)26(36-15(3)33)23(34)12-30-32)24-18-6-4-8-20(28)16(18)10-11-17-19(24)7-5-9-21(17)29/h4-9,12,14,22,24H,10-11,13H2,1-3H3/t22-/m1/s1. The van der Waals surface area contributed by atoms with E-state index in [4.69, 9.17) is 4.74 Å². The number of carbonyl (C=O) groups excluding carboxylic acids is 2. The molecule has 0 unspecified atom stereocenters. The number of benzene rings is 2. The molecule has 1 aromatic heterocycles. The molecule has 186 valence electrons. The van der Waals surface area contributed by atoms with Crippen molar-refractivity contribution in [3.05, 3.63) is 92.4 Å². The zero-order chi connectivity index (χ0) is 25.7. The van der Waals surface area contributed by atoms with Gasteiger partial charge < -0.3 is 9.64 Å². The monoisotopic (exact) mass is 493 g/mol. The topological polar surface area (TPSA) is 81.5 Å². The third kappa shape index (κ3) is 3.79. The van der Waals surface area contributed by atoms with Crippen LogP contribution in [-0.2, 0) is 17.6 Å². The van der Waals surface area contributed by atoms with Crippen molar-refractivity contribution < 1.29 is 23.1 Å². The number of esters is 1. The van der Waals surface area contributed by atoms with Crippen LogP contribution >= 0.6 is 0 Å². The predicted octanol–water partition coefficient (Wildman–Crippen LogP) is 3.78. The highest BCUT2D eigenvalue weighted by Crippen LogP contribution is 2.45. The van der Waals surface area contributed by atoms with E-state index < -0.39 is 35.0 Å². The summed E-state index contributed by atoms with van der Waals surface area (Å²) < 4.78 is 36.7. The van der Waals surface area contributed by atoms with Crippen molar-refractivity contribution in [2.75, 3.05) is 6.54 Å². The number of amides is 1. The predicted molar refractivity (Wildman–Crippen MR) is 127 cm³/mol. The average Bonchev–Trinajstić information content (AvgIpc) is 2.99. The van der Waals surface area contributed by atoms with Crippen LogP contribution < -0.4 is 10.2 Å². The van der Waals surface area contributed by atoms with Crippen molar-refractivity contribution in [3.63, 3.8) is 0 Å². The van der Waals surface area contributed by atoms with Crippen LogP contribution in [0.2, 0.25) is 0 Å². The third-order valence-electron chi connectivity index (χ3n) is 6.99. The second-order valence-corrected chi connectivity index (χ2v) is 9.44. The highest BCUT2D eigenvalue weighted by atomic mass is 19.1. The van der Waals surface area contributed by atoms with Gasteiger partial charge in [-0.2, -0.15) is 5.10 Å². The smallest absolute Gasteiger partial charge is 0.308 e. The van der Waals surface area contributed by atoms with Crippen molar-refractivity contribution in [3.8, 4) is 5.75 Å². The summed E-state index contributed by atoms with van der Waals surface area (Å²) in [7, 11) is 0. The van der Waals surface area contributed by atoms with Gasteiger partial charge in [0.25, 0.3) is 5.91 Å². The number of carbonyl (C=O) groups is 2. The molecule has 7 nitrogen and oxygen atoms in total. The van der Waals surface area contributed by atoms with Crippen LogP contribution in [0.3, 0.4) is 0 Å². The lowest BCUT2D eigenvalue weighted by Crippen LogP contribution is -2.50. The minimum absolute atomic E-state index is 0.150. The molecule has 1 aliphatic heterocycles. The first kappa shape index (κ1) is 23.8. The summed E-state index contributed by atoms with van der Waals surface area (Å²) in [6.07, 6.45) is 1.63. The molecule has 2 aliphatic rings. The van der Waals surface area contributed by atoms with E-state index in [2.05, 4.69) is 5.10 Å². The molecule has 9 heteroatoms. The van der Waals surface area contributed by atoms with Gasteiger partial charge in [-0.1, -0.05) is 24.3 Å². The van der Waals surface area contributed by atoms with Crippen molar-refractivity contribution in [2.45, 2.75) is 51.6 Å². The highest BCUT2D eigenvalue weighted by molar-refractivity contribution is 5.96. The lowest BCUT2D eigenvalue weighted by atomic mass is 9.81. The van der Waals surface area contributed by atoms with E-state index in [0.29, 0.717) is 35.1 Å². The summed E-state index contributed by atoms with van der Waals surface area (Å²) in [5, 5.41) is 4.29. The average molecular weight is 494 g/mol. The fourth-order valence-corrected chi connectivity index (χ4v) is 5.42. The Hall–Kier alpha value is -3.88. The van der Waals surface area contributed by atoms with E-state index in [-0.39, 0.29) is 29.9 Å². The maximum absolute atomic E-state index is 15.1.